The molecule has 0 saturated carbocycles. The van der Waals surface area contributed by atoms with E-state index in [1.54, 1.807) is 6.07 Å². The van der Waals surface area contributed by atoms with E-state index >= 15 is 0 Å². The van der Waals surface area contributed by atoms with E-state index in [-0.39, 0.29) is 5.56 Å². The molecule has 2 aromatic heterocycles. The molecule has 0 atom stereocenters. The van der Waals surface area contributed by atoms with Crippen LogP contribution in [-0.4, -0.2) is 21.3 Å². The van der Waals surface area contributed by atoms with Gasteiger partial charge in [-0.25, -0.2) is 4.79 Å². The zero-order chi connectivity index (χ0) is 11.0. The second-order valence-electron chi connectivity index (χ2n) is 2.70. The van der Waals surface area contributed by atoms with Crippen molar-refractivity contribution in [3.63, 3.8) is 0 Å². The van der Waals surface area contributed by atoms with Gasteiger partial charge in [-0.05, 0) is 6.07 Å². The molecule has 0 bridgehead atoms. The van der Waals surface area contributed by atoms with Gasteiger partial charge in [-0.2, -0.15) is 5.10 Å². The van der Waals surface area contributed by atoms with E-state index in [2.05, 4.69) is 10.2 Å². The summed E-state index contributed by atoms with van der Waals surface area (Å²) in [6, 6.07) is 1.61. The monoisotopic (exact) mass is 262 g/mol. The number of carboxylic acid groups (broad SMARTS) is 1. The minimum absolute atomic E-state index is 0.0753. The fourth-order valence-electron chi connectivity index (χ4n) is 1.16. The smallest absolute Gasteiger partial charge is 0.339 e. The number of carbonyl (C=O) groups is 1. The van der Waals surface area contributed by atoms with Crippen molar-refractivity contribution in [2.75, 3.05) is 0 Å². The van der Waals surface area contributed by atoms with Gasteiger partial charge in [0.1, 0.15) is 9.90 Å². The Balaban J connectivity index is 2.58. The molecule has 15 heavy (non-hydrogen) atoms. The molecule has 0 aliphatic carbocycles. The Kier molecular flexibility index (Phi) is 2.68. The van der Waals surface area contributed by atoms with Gasteiger partial charge >= 0.3 is 5.97 Å². The molecule has 2 heterocycles. The van der Waals surface area contributed by atoms with Crippen molar-refractivity contribution in [3.05, 3.63) is 26.5 Å². The van der Waals surface area contributed by atoms with Crippen molar-refractivity contribution in [2.24, 2.45) is 0 Å². The third-order valence-electron chi connectivity index (χ3n) is 1.80. The number of aromatic amines is 1. The lowest BCUT2D eigenvalue weighted by Gasteiger charge is -1.95. The minimum atomic E-state index is -1.06. The Morgan fingerprint density at radius 2 is 2.27 bits per heavy atom. The highest BCUT2D eigenvalue weighted by atomic mass is 35.5. The van der Waals surface area contributed by atoms with Gasteiger partial charge in [-0.15, -0.1) is 11.3 Å². The molecular weight excluding hydrogens is 259 g/mol. The van der Waals surface area contributed by atoms with Crippen LogP contribution in [-0.2, 0) is 0 Å². The van der Waals surface area contributed by atoms with Crippen LogP contribution in [0.1, 0.15) is 10.4 Å². The lowest BCUT2D eigenvalue weighted by atomic mass is 10.1. The molecule has 2 N–H and O–H groups in total. The van der Waals surface area contributed by atoms with Gasteiger partial charge in [0.2, 0.25) is 0 Å². The molecule has 0 radical (unpaired) electrons. The number of rotatable bonds is 2. The largest absolute Gasteiger partial charge is 0.478 e. The Morgan fingerprint density at radius 1 is 1.53 bits per heavy atom. The highest BCUT2D eigenvalue weighted by molar-refractivity contribution is 7.20. The molecule has 0 spiro atoms. The third kappa shape index (κ3) is 1.86. The number of aromatic nitrogens is 2. The van der Waals surface area contributed by atoms with Crippen LogP contribution in [0.4, 0.5) is 0 Å². The molecule has 0 fully saturated rings. The number of H-pyrrole nitrogens is 1. The van der Waals surface area contributed by atoms with Gasteiger partial charge in [0, 0.05) is 5.56 Å². The van der Waals surface area contributed by atoms with E-state index < -0.39 is 5.97 Å². The molecule has 78 valence electrons. The van der Waals surface area contributed by atoms with Gasteiger partial charge in [0.05, 0.1) is 16.2 Å². The molecule has 2 rings (SSSR count). The normalized spacial score (nSPS) is 10.5. The summed E-state index contributed by atoms with van der Waals surface area (Å²) in [7, 11) is 0. The van der Waals surface area contributed by atoms with E-state index in [0.29, 0.717) is 19.9 Å². The number of aromatic carboxylic acids is 1. The van der Waals surface area contributed by atoms with E-state index in [9.17, 15) is 4.79 Å². The maximum Gasteiger partial charge on any atom is 0.339 e. The zero-order valence-corrected chi connectivity index (χ0v) is 9.45. The highest BCUT2D eigenvalue weighted by Gasteiger charge is 2.18. The summed E-state index contributed by atoms with van der Waals surface area (Å²) in [4.78, 5) is 10.8. The van der Waals surface area contributed by atoms with Crippen molar-refractivity contribution in [2.45, 2.75) is 0 Å². The van der Waals surface area contributed by atoms with Crippen LogP contribution in [0.5, 0.6) is 0 Å². The first-order valence-corrected chi connectivity index (χ1v) is 5.38. The van der Waals surface area contributed by atoms with Gasteiger partial charge in [-0.3, -0.25) is 5.10 Å². The number of carboxylic acids is 1. The fraction of sp³-hybridized carbons (Fsp3) is 0. The predicted octanol–water partition coefficient (Wildman–Crippen LogP) is 3.14. The van der Waals surface area contributed by atoms with Gasteiger partial charge in [0.15, 0.2) is 0 Å². The molecule has 0 unspecified atom stereocenters. The molecule has 4 nitrogen and oxygen atoms in total. The van der Waals surface area contributed by atoms with Crippen LogP contribution in [0, 0.1) is 0 Å². The van der Waals surface area contributed by atoms with Crippen LogP contribution < -0.4 is 0 Å². The average molecular weight is 263 g/mol. The van der Waals surface area contributed by atoms with Gasteiger partial charge in [0.25, 0.3) is 0 Å². The summed E-state index contributed by atoms with van der Waals surface area (Å²) >= 11 is 12.9. The van der Waals surface area contributed by atoms with Crippen LogP contribution in [0.25, 0.3) is 11.3 Å². The molecule has 0 aliphatic rings. The van der Waals surface area contributed by atoms with E-state index in [0.717, 1.165) is 0 Å². The molecule has 0 saturated heterocycles. The predicted molar refractivity (Wildman–Crippen MR) is 58.9 cm³/mol. The second kappa shape index (κ2) is 3.84. The van der Waals surface area contributed by atoms with E-state index in [1.807, 2.05) is 0 Å². The summed E-state index contributed by atoms with van der Waals surface area (Å²) in [6.07, 6.45) is 1.24. The Hall–Kier alpha value is -1.04. The van der Waals surface area contributed by atoms with E-state index in [1.165, 1.54) is 17.5 Å². The van der Waals surface area contributed by atoms with Crippen molar-refractivity contribution >= 4 is 40.5 Å². The number of hydrogen-bond acceptors (Lipinski definition) is 3. The van der Waals surface area contributed by atoms with Crippen molar-refractivity contribution < 1.29 is 9.90 Å². The maximum atomic E-state index is 10.8. The Bertz CT molecular complexity index is 520. The summed E-state index contributed by atoms with van der Waals surface area (Å²) in [5.74, 6) is -1.06. The summed E-state index contributed by atoms with van der Waals surface area (Å²) in [6.45, 7) is 0. The number of halogens is 2. The third-order valence-corrected chi connectivity index (χ3v) is 3.28. The number of hydrogen-bond donors (Lipinski definition) is 2. The Morgan fingerprint density at radius 3 is 2.80 bits per heavy atom. The van der Waals surface area contributed by atoms with E-state index in [4.69, 9.17) is 28.3 Å². The fourth-order valence-corrected chi connectivity index (χ4v) is 2.64. The first-order chi connectivity index (χ1) is 7.09. The molecule has 0 aromatic carbocycles. The second-order valence-corrected chi connectivity index (χ2v) is 4.99. The number of thiophene rings is 1. The number of nitrogens with one attached hydrogen (secondary N) is 1. The van der Waals surface area contributed by atoms with Crippen molar-refractivity contribution in [1.29, 1.82) is 0 Å². The SMILES string of the molecule is O=C(O)c1cn[nH]c1-c1cc(Cl)sc1Cl. The minimum Gasteiger partial charge on any atom is -0.478 e. The maximum absolute atomic E-state index is 10.8. The zero-order valence-electron chi connectivity index (χ0n) is 7.12. The standard InChI is InChI=1S/C8H4Cl2N2O2S/c9-5-1-3(7(10)15-5)6-4(8(13)14)2-11-12-6/h1-2H,(H,11,12)(H,13,14). The molecule has 2 aromatic rings. The molecular formula is C8H4Cl2N2O2S. The summed E-state index contributed by atoms with van der Waals surface area (Å²) in [5.41, 5.74) is 1.00. The first kappa shape index (κ1) is 10.5. The van der Waals surface area contributed by atoms with Crippen LogP contribution in [0.15, 0.2) is 12.3 Å². The van der Waals surface area contributed by atoms with Crippen LogP contribution in [0.3, 0.4) is 0 Å². The summed E-state index contributed by atoms with van der Waals surface area (Å²) in [5, 5.41) is 15.1. The Labute approximate surface area is 98.5 Å². The quantitative estimate of drug-likeness (QED) is 0.874. The first-order valence-electron chi connectivity index (χ1n) is 3.81. The van der Waals surface area contributed by atoms with Crippen LogP contribution in [0.2, 0.25) is 8.67 Å². The molecule has 7 heteroatoms. The van der Waals surface area contributed by atoms with Gasteiger partial charge < -0.3 is 5.11 Å². The number of nitrogens with zero attached hydrogens (tertiary/aromatic N) is 1. The molecule has 0 aliphatic heterocycles. The van der Waals surface area contributed by atoms with Crippen LogP contribution >= 0.6 is 34.5 Å². The highest BCUT2D eigenvalue weighted by Crippen LogP contribution is 2.38. The summed E-state index contributed by atoms with van der Waals surface area (Å²) < 4.78 is 0.938. The topological polar surface area (TPSA) is 66.0 Å². The average Bonchev–Trinajstić information content (AvgIpc) is 2.71. The molecule has 0 amide bonds. The van der Waals surface area contributed by atoms with Crippen molar-refractivity contribution in [3.8, 4) is 11.3 Å². The lowest BCUT2D eigenvalue weighted by molar-refractivity contribution is 0.0698. The van der Waals surface area contributed by atoms with Gasteiger partial charge in [-0.1, -0.05) is 23.2 Å². The van der Waals surface area contributed by atoms with Crippen molar-refractivity contribution in [1.82, 2.24) is 10.2 Å². The lowest BCUT2D eigenvalue weighted by Crippen LogP contribution is -1.96.